The second kappa shape index (κ2) is 22.4. The minimum absolute atomic E-state index is 0.0827. The van der Waals surface area contributed by atoms with Crippen LogP contribution in [0, 0.1) is 28.9 Å². The maximum atomic E-state index is 15.1. The number of aliphatic hydroxyl groups excluding tert-OH is 1. The first-order valence-electron chi connectivity index (χ1n) is 20.3. The van der Waals surface area contributed by atoms with E-state index in [1.165, 1.54) is 6.92 Å². The number of amides is 3. The first-order chi connectivity index (χ1) is 27.4. The van der Waals surface area contributed by atoms with Crippen LogP contribution < -0.4 is 16.4 Å². The number of benzene rings is 2. The third kappa shape index (κ3) is 14.0. The van der Waals surface area contributed by atoms with Crippen LogP contribution in [0.3, 0.4) is 0 Å². The van der Waals surface area contributed by atoms with Gasteiger partial charge in [-0.1, -0.05) is 65.0 Å². The van der Waals surface area contributed by atoms with Gasteiger partial charge in [0.2, 0.25) is 17.7 Å². The van der Waals surface area contributed by atoms with Gasteiger partial charge < -0.3 is 30.9 Å². The predicted octanol–water partition coefficient (Wildman–Crippen LogP) is 6.50. The minimum atomic E-state index is -0.833. The van der Waals surface area contributed by atoms with Gasteiger partial charge in [-0.05, 0) is 86.7 Å². The fourth-order valence-electron chi connectivity index (χ4n) is 7.34. The van der Waals surface area contributed by atoms with Crippen molar-refractivity contribution >= 4 is 29.3 Å². The van der Waals surface area contributed by atoms with E-state index >= 15 is 4.39 Å². The molecule has 318 valence electrons. The van der Waals surface area contributed by atoms with Crippen LogP contribution in [0.2, 0.25) is 0 Å². The van der Waals surface area contributed by atoms with Crippen molar-refractivity contribution in [2.75, 3.05) is 19.7 Å². The third-order valence-corrected chi connectivity index (χ3v) is 10.4. The van der Waals surface area contributed by atoms with Crippen LogP contribution in [0.15, 0.2) is 60.8 Å². The SMILES string of the molecule is CC(=O)N[C@@H](CCCCN)C(=O)C[C@H](C(=O)N[C@@H](C)C(=O)CCCCN(C(=O)CO)[C@@H](c1cc(-c2cc(F)ccc2F)cn1Cc1ccccc1)C(C)(C)C)C(C)C. The number of halogens is 2. The number of hydrogen-bond donors (Lipinski definition) is 4. The Labute approximate surface area is 342 Å². The van der Waals surface area contributed by atoms with E-state index in [-0.39, 0.29) is 48.3 Å². The van der Waals surface area contributed by atoms with Gasteiger partial charge >= 0.3 is 0 Å². The van der Waals surface area contributed by atoms with Gasteiger partial charge in [0.05, 0.1) is 18.1 Å². The summed E-state index contributed by atoms with van der Waals surface area (Å²) in [4.78, 5) is 66.9. The molecule has 0 aliphatic carbocycles. The van der Waals surface area contributed by atoms with Gasteiger partial charge in [0.1, 0.15) is 18.2 Å². The van der Waals surface area contributed by atoms with Gasteiger partial charge in [-0.2, -0.15) is 0 Å². The molecule has 2 aromatic carbocycles. The van der Waals surface area contributed by atoms with E-state index in [0.717, 1.165) is 23.8 Å². The van der Waals surface area contributed by atoms with Gasteiger partial charge in [-0.3, -0.25) is 24.0 Å². The molecule has 0 aliphatic rings. The topological polar surface area (TPSA) is 164 Å². The molecule has 0 spiro atoms. The first-order valence-corrected chi connectivity index (χ1v) is 20.3. The molecule has 3 amide bonds. The quantitative estimate of drug-likeness (QED) is 0.0795. The zero-order valence-corrected chi connectivity index (χ0v) is 35.2. The summed E-state index contributed by atoms with van der Waals surface area (Å²) in [5.74, 6) is -3.84. The average molecular weight is 808 g/mol. The minimum Gasteiger partial charge on any atom is -0.387 e. The van der Waals surface area contributed by atoms with E-state index in [2.05, 4.69) is 10.6 Å². The molecule has 0 aliphatic heterocycles. The lowest BCUT2D eigenvalue weighted by atomic mass is 9.82. The molecule has 0 radical (unpaired) electrons. The van der Waals surface area contributed by atoms with Crippen LogP contribution in [0.25, 0.3) is 11.1 Å². The van der Waals surface area contributed by atoms with Gasteiger partial charge in [0.15, 0.2) is 11.6 Å². The molecule has 0 fully saturated rings. The largest absolute Gasteiger partial charge is 0.387 e. The molecule has 5 N–H and O–H groups in total. The zero-order valence-electron chi connectivity index (χ0n) is 35.2. The van der Waals surface area contributed by atoms with Crippen LogP contribution >= 0.6 is 0 Å². The van der Waals surface area contributed by atoms with Crippen molar-refractivity contribution in [3.63, 3.8) is 0 Å². The van der Waals surface area contributed by atoms with Crippen LogP contribution in [0.5, 0.6) is 0 Å². The van der Waals surface area contributed by atoms with Crippen LogP contribution in [0.1, 0.15) is 111 Å². The number of nitrogens with one attached hydrogen (secondary N) is 2. The Balaban J connectivity index is 1.77. The van der Waals surface area contributed by atoms with E-state index in [4.69, 9.17) is 5.73 Å². The lowest BCUT2D eigenvalue weighted by Crippen LogP contribution is -2.46. The molecular formula is C45H63F2N5O6. The van der Waals surface area contributed by atoms with Crippen molar-refractivity contribution in [2.45, 2.75) is 118 Å². The molecule has 13 heteroatoms. The van der Waals surface area contributed by atoms with Crippen LogP contribution in [0.4, 0.5) is 8.78 Å². The number of rotatable bonds is 23. The van der Waals surface area contributed by atoms with Crippen LogP contribution in [-0.4, -0.2) is 75.6 Å². The Hall–Kier alpha value is -4.75. The average Bonchev–Trinajstić information content (AvgIpc) is 3.56. The highest BCUT2D eigenvalue weighted by Gasteiger charge is 2.37. The maximum absolute atomic E-state index is 15.1. The summed E-state index contributed by atoms with van der Waals surface area (Å²) >= 11 is 0. The number of unbranched alkanes of at least 4 members (excludes halogenated alkanes) is 2. The summed E-state index contributed by atoms with van der Waals surface area (Å²) in [6, 6.07) is 12.5. The molecule has 58 heavy (non-hydrogen) atoms. The highest BCUT2D eigenvalue weighted by Crippen LogP contribution is 2.41. The lowest BCUT2D eigenvalue weighted by Gasteiger charge is -2.41. The number of hydrogen-bond acceptors (Lipinski definition) is 7. The molecule has 4 atom stereocenters. The van der Waals surface area contributed by atoms with Crippen molar-refractivity contribution in [1.29, 1.82) is 0 Å². The Morgan fingerprint density at radius 3 is 2.19 bits per heavy atom. The Bertz CT molecular complexity index is 1840. The van der Waals surface area contributed by atoms with E-state index < -0.39 is 59.5 Å². The number of Topliss-reactive ketones (excluding diaryl/α,β-unsaturated/α-hetero) is 2. The monoisotopic (exact) mass is 807 g/mol. The molecule has 1 heterocycles. The fourth-order valence-corrected chi connectivity index (χ4v) is 7.34. The smallest absolute Gasteiger partial charge is 0.248 e. The Morgan fingerprint density at radius 2 is 1.59 bits per heavy atom. The molecule has 3 rings (SSSR count). The summed E-state index contributed by atoms with van der Waals surface area (Å²) in [5, 5.41) is 15.6. The van der Waals surface area contributed by atoms with Gasteiger partial charge in [0, 0.05) is 61.8 Å². The van der Waals surface area contributed by atoms with Crippen molar-refractivity contribution < 1.29 is 37.9 Å². The second-order valence-corrected chi connectivity index (χ2v) is 16.6. The number of nitrogens with zero attached hydrogens (tertiary/aromatic N) is 2. The van der Waals surface area contributed by atoms with Crippen molar-refractivity contribution in [3.05, 3.63) is 83.7 Å². The van der Waals surface area contributed by atoms with Gasteiger partial charge in [0.25, 0.3) is 0 Å². The molecule has 0 unspecified atom stereocenters. The summed E-state index contributed by atoms with van der Waals surface area (Å²) in [6.07, 6.45) is 4.32. The van der Waals surface area contributed by atoms with E-state index in [0.29, 0.717) is 56.5 Å². The van der Waals surface area contributed by atoms with E-state index in [1.807, 2.05) is 69.5 Å². The molecule has 1 aromatic heterocycles. The van der Waals surface area contributed by atoms with Crippen molar-refractivity contribution in [2.24, 2.45) is 23.0 Å². The lowest BCUT2D eigenvalue weighted by molar-refractivity contribution is -0.139. The number of nitrogens with two attached hydrogens (primary N) is 1. The van der Waals surface area contributed by atoms with Gasteiger partial charge in [-0.25, -0.2) is 8.78 Å². The zero-order chi connectivity index (χ0) is 43.2. The highest BCUT2D eigenvalue weighted by atomic mass is 19.1. The molecule has 0 saturated carbocycles. The number of carbonyl (C=O) groups excluding carboxylic acids is 5. The van der Waals surface area contributed by atoms with Gasteiger partial charge in [-0.15, -0.1) is 0 Å². The number of carbonyl (C=O) groups is 5. The summed E-state index contributed by atoms with van der Waals surface area (Å²) in [6.45, 7) is 12.8. The standard InChI is InChI=1S/C45H63F2N5O6/c1-29(2)35(25-41(56)38(50-31(4)54)17-11-13-21-48)44(58)49-30(3)40(55)18-12-14-22-52(42(57)28-53)43(45(5,6)7)39-23-33(36-24-34(46)19-20-37(36)47)27-51(39)26-32-15-9-8-10-16-32/h8-10,15-16,19-20,23-24,27,29-30,35,38,43,53H,11-14,17-18,21-22,25-26,28,48H2,1-7H3,(H,49,58)(H,50,54)/t30-,35-,38-,43-/m0/s1. The number of aromatic nitrogens is 1. The molecule has 0 saturated heterocycles. The normalized spacial score (nSPS) is 13.7. The van der Waals surface area contributed by atoms with Crippen molar-refractivity contribution in [3.8, 4) is 11.1 Å². The predicted molar refractivity (Wildman–Crippen MR) is 221 cm³/mol. The molecule has 3 aromatic rings. The molecule has 11 nitrogen and oxygen atoms in total. The first kappa shape index (κ1) is 47.6. The van der Waals surface area contributed by atoms with Crippen molar-refractivity contribution in [1.82, 2.24) is 20.1 Å². The van der Waals surface area contributed by atoms with Crippen LogP contribution in [-0.2, 0) is 30.5 Å². The summed E-state index contributed by atoms with van der Waals surface area (Å²) in [7, 11) is 0. The van der Waals surface area contributed by atoms with E-state index in [9.17, 15) is 33.5 Å². The molecule has 0 bridgehead atoms. The van der Waals surface area contributed by atoms with E-state index in [1.54, 1.807) is 24.1 Å². The Morgan fingerprint density at radius 1 is 0.897 bits per heavy atom. The maximum Gasteiger partial charge on any atom is 0.248 e. The third-order valence-electron chi connectivity index (χ3n) is 10.4. The molecular weight excluding hydrogens is 745 g/mol. The summed E-state index contributed by atoms with van der Waals surface area (Å²) in [5.41, 5.74) is 7.15. The highest BCUT2D eigenvalue weighted by molar-refractivity contribution is 5.94. The number of aliphatic hydroxyl groups is 1. The Kier molecular flexibility index (Phi) is 18.4. The summed E-state index contributed by atoms with van der Waals surface area (Å²) < 4.78 is 31.4. The second-order valence-electron chi connectivity index (χ2n) is 16.6. The fraction of sp³-hybridized carbons (Fsp3) is 0.533. The number of ketones is 2.